The van der Waals surface area contributed by atoms with Crippen LogP contribution in [-0.4, -0.2) is 34.7 Å². The molecule has 64 valence electrons. The van der Waals surface area contributed by atoms with Crippen molar-refractivity contribution in [3.63, 3.8) is 0 Å². The minimum absolute atomic E-state index is 0.296. The number of carbonyl (C=O) groups is 1. The van der Waals surface area contributed by atoms with Crippen LogP contribution >= 0.6 is 0 Å². The molecule has 1 aliphatic heterocycles. The van der Waals surface area contributed by atoms with Crippen LogP contribution in [-0.2, 0) is 4.74 Å². The second kappa shape index (κ2) is 5.00. The minimum atomic E-state index is -0.296. The van der Waals surface area contributed by atoms with Crippen LogP contribution in [0.4, 0.5) is 4.79 Å². The van der Waals surface area contributed by atoms with Gasteiger partial charge in [-0.2, -0.15) is 0 Å². The van der Waals surface area contributed by atoms with Gasteiger partial charge in [0, 0.05) is 0 Å². The second-order valence-electron chi connectivity index (χ2n) is 1.87. The van der Waals surface area contributed by atoms with Crippen molar-refractivity contribution < 1.29 is 9.53 Å². The Kier molecular flexibility index (Phi) is 3.49. The molecule has 0 unspecified atom stereocenters. The van der Waals surface area contributed by atoms with E-state index in [0.29, 0.717) is 13.2 Å². The van der Waals surface area contributed by atoms with Gasteiger partial charge in [-0.3, -0.25) is 0 Å². The van der Waals surface area contributed by atoms with E-state index in [9.17, 15) is 4.79 Å². The lowest BCUT2D eigenvalue weighted by molar-refractivity contribution is 0.178. The van der Waals surface area contributed by atoms with E-state index in [-0.39, 0.29) is 6.09 Å². The lowest BCUT2D eigenvalue weighted by atomic mass is 10.7. The van der Waals surface area contributed by atoms with Crippen LogP contribution in [0.2, 0.25) is 0 Å². The van der Waals surface area contributed by atoms with E-state index in [2.05, 4.69) is 25.5 Å². The maximum atomic E-state index is 9.91. The fraction of sp³-hybridized carbons (Fsp3) is 0.333. The van der Waals surface area contributed by atoms with Gasteiger partial charge in [-0.05, 0) is 11.3 Å². The van der Waals surface area contributed by atoms with E-state index in [1.165, 1.54) is 0 Å². The number of alkyl carbamates (subject to hydrolysis) is 1. The van der Waals surface area contributed by atoms with Crippen LogP contribution in [0.5, 0.6) is 0 Å². The lowest BCUT2D eigenvalue weighted by Gasteiger charge is -1.80. The molecule has 2 rings (SSSR count). The standard InChI is InChI=1S/C3H3N3.C3H5NO2/c1-2-4-6-5-3-1;5-3-4-1-2-6-3/h1-3H;1-2H2,(H,4,5). The van der Waals surface area contributed by atoms with Gasteiger partial charge in [-0.25, -0.2) is 4.79 Å². The molecule has 0 aromatic carbocycles. The molecule has 1 N–H and O–H groups in total. The number of hydrogen-bond acceptors (Lipinski definition) is 5. The number of cyclic esters (lactones) is 1. The van der Waals surface area contributed by atoms with E-state index in [4.69, 9.17) is 0 Å². The maximum Gasteiger partial charge on any atom is 0.407 e. The molecule has 0 saturated carbocycles. The number of nitrogens with zero attached hydrogens (tertiary/aromatic N) is 3. The van der Waals surface area contributed by atoms with E-state index >= 15 is 0 Å². The molecular formula is C6H8N4O2. The predicted octanol–water partition coefficient (Wildman–Crippen LogP) is -0.402. The number of aromatic nitrogens is 3. The highest BCUT2D eigenvalue weighted by atomic mass is 16.6. The average Bonchev–Trinajstić information content (AvgIpc) is 2.60. The third-order valence-corrected chi connectivity index (χ3v) is 1.01. The van der Waals surface area contributed by atoms with Gasteiger partial charge in [0.2, 0.25) is 0 Å². The molecule has 1 aromatic rings. The van der Waals surface area contributed by atoms with Gasteiger partial charge in [-0.15, -0.1) is 10.2 Å². The second-order valence-corrected chi connectivity index (χ2v) is 1.87. The molecule has 0 radical (unpaired) electrons. The van der Waals surface area contributed by atoms with E-state index in [1.807, 2.05) is 0 Å². The third-order valence-electron chi connectivity index (χ3n) is 1.01. The van der Waals surface area contributed by atoms with E-state index < -0.39 is 0 Å². The summed E-state index contributed by atoms with van der Waals surface area (Å²) in [5, 5.41) is 12.6. The molecule has 1 aromatic heterocycles. The summed E-state index contributed by atoms with van der Waals surface area (Å²) in [6.07, 6.45) is 2.86. The van der Waals surface area contributed by atoms with Crippen LogP contribution in [0.25, 0.3) is 0 Å². The van der Waals surface area contributed by atoms with Crippen molar-refractivity contribution in [2.75, 3.05) is 13.2 Å². The molecule has 0 spiro atoms. The molecule has 1 amide bonds. The zero-order valence-corrected chi connectivity index (χ0v) is 6.30. The van der Waals surface area contributed by atoms with Gasteiger partial charge >= 0.3 is 6.09 Å². The summed E-state index contributed by atoms with van der Waals surface area (Å²) < 4.78 is 4.40. The summed E-state index contributed by atoms with van der Waals surface area (Å²) in [6, 6.07) is 1.72. The molecule has 1 aliphatic rings. The lowest BCUT2D eigenvalue weighted by Crippen LogP contribution is -2.11. The molecule has 0 atom stereocenters. The fourth-order valence-electron chi connectivity index (χ4n) is 0.553. The van der Waals surface area contributed by atoms with Crippen LogP contribution < -0.4 is 5.32 Å². The third kappa shape index (κ3) is 3.45. The van der Waals surface area contributed by atoms with Crippen LogP contribution in [0.3, 0.4) is 0 Å². The number of nitrogens with one attached hydrogen (secondary N) is 1. The van der Waals surface area contributed by atoms with Crippen LogP contribution in [0.15, 0.2) is 18.5 Å². The molecule has 0 bridgehead atoms. The van der Waals surface area contributed by atoms with Crippen molar-refractivity contribution in [2.45, 2.75) is 0 Å². The first-order valence-corrected chi connectivity index (χ1v) is 3.38. The highest BCUT2D eigenvalue weighted by molar-refractivity contribution is 5.68. The Morgan fingerprint density at radius 1 is 1.42 bits per heavy atom. The van der Waals surface area contributed by atoms with Crippen LogP contribution in [0, 0.1) is 0 Å². The summed E-state index contributed by atoms with van der Waals surface area (Å²) in [6.45, 7) is 1.19. The first-order chi connectivity index (χ1) is 5.89. The van der Waals surface area contributed by atoms with E-state index in [0.717, 1.165) is 0 Å². The summed E-state index contributed by atoms with van der Waals surface area (Å²) in [4.78, 5) is 9.91. The Hall–Kier alpha value is -1.72. The van der Waals surface area contributed by atoms with Gasteiger partial charge in [0.25, 0.3) is 0 Å². The van der Waals surface area contributed by atoms with Crippen molar-refractivity contribution >= 4 is 6.09 Å². The topological polar surface area (TPSA) is 77.0 Å². The zero-order valence-electron chi connectivity index (χ0n) is 6.30. The molecular weight excluding hydrogens is 160 g/mol. The fourth-order valence-corrected chi connectivity index (χ4v) is 0.553. The van der Waals surface area contributed by atoms with Crippen molar-refractivity contribution in [3.05, 3.63) is 18.5 Å². The Balaban J connectivity index is 0.000000120. The molecule has 0 aliphatic carbocycles. The van der Waals surface area contributed by atoms with Crippen molar-refractivity contribution in [1.29, 1.82) is 0 Å². The Bertz CT molecular complexity index is 194. The summed E-state index contributed by atoms with van der Waals surface area (Å²) in [7, 11) is 0. The van der Waals surface area contributed by atoms with Gasteiger partial charge in [-0.1, -0.05) is 0 Å². The first kappa shape index (κ1) is 8.38. The number of ether oxygens (including phenoxy) is 1. The van der Waals surface area contributed by atoms with Gasteiger partial charge in [0.05, 0.1) is 18.9 Å². The Morgan fingerprint density at radius 2 is 2.17 bits per heavy atom. The molecule has 6 heteroatoms. The van der Waals surface area contributed by atoms with Gasteiger partial charge in [0.1, 0.15) is 6.61 Å². The maximum absolute atomic E-state index is 9.91. The monoisotopic (exact) mass is 168 g/mol. The summed E-state index contributed by atoms with van der Waals surface area (Å²) in [5.74, 6) is 0. The Morgan fingerprint density at radius 3 is 2.33 bits per heavy atom. The zero-order chi connectivity index (χ0) is 8.65. The highest BCUT2D eigenvalue weighted by Gasteiger charge is 2.06. The Labute approximate surface area is 68.9 Å². The van der Waals surface area contributed by atoms with Crippen LogP contribution in [0.1, 0.15) is 0 Å². The smallest absolute Gasteiger partial charge is 0.407 e. The number of hydrogen-bond donors (Lipinski definition) is 1. The molecule has 1 fully saturated rings. The van der Waals surface area contributed by atoms with Gasteiger partial charge < -0.3 is 10.1 Å². The largest absolute Gasteiger partial charge is 0.448 e. The van der Waals surface area contributed by atoms with Crippen molar-refractivity contribution in [3.8, 4) is 0 Å². The number of rotatable bonds is 0. The van der Waals surface area contributed by atoms with Gasteiger partial charge in [0.15, 0.2) is 0 Å². The SMILES string of the molecule is O=C1NCCO1.c1cnnnc1. The quantitative estimate of drug-likeness (QED) is 0.570. The molecule has 2 heterocycles. The molecule has 1 saturated heterocycles. The highest BCUT2D eigenvalue weighted by Crippen LogP contribution is 1.82. The normalized spacial score (nSPS) is 13.8. The number of amides is 1. The summed E-state index contributed by atoms with van der Waals surface area (Å²) in [5.41, 5.74) is 0. The first-order valence-electron chi connectivity index (χ1n) is 3.38. The number of carbonyl (C=O) groups excluding carboxylic acids is 1. The van der Waals surface area contributed by atoms with Crippen molar-refractivity contribution in [1.82, 2.24) is 20.7 Å². The minimum Gasteiger partial charge on any atom is -0.448 e. The van der Waals surface area contributed by atoms with E-state index in [1.54, 1.807) is 18.5 Å². The summed E-state index contributed by atoms with van der Waals surface area (Å²) >= 11 is 0. The van der Waals surface area contributed by atoms with Crippen molar-refractivity contribution in [2.24, 2.45) is 0 Å². The molecule has 6 nitrogen and oxygen atoms in total. The predicted molar refractivity (Wildman–Crippen MR) is 39.2 cm³/mol. The average molecular weight is 168 g/mol. The molecule has 12 heavy (non-hydrogen) atoms.